The zero-order valence-electron chi connectivity index (χ0n) is 25.0. The summed E-state index contributed by atoms with van der Waals surface area (Å²) in [5.74, 6) is 4.36. The minimum atomic E-state index is -4.40. The number of hydrogen-bond acceptors (Lipinski definition) is 5. The molecular weight excluding hydrogens is 496 g/mol. The summed E-state index contributed by atoms with van der Waals surface area (Å²) in [6.45, 7) is 14.7. The lowest BCUT2D eigenvalue weighted by Gasteiger charge is -2.61. The molecule has 3 N–H and O–H groups in total. The van der Waals surface area contributed by atoms with E-state index in [0.29, 0.717) is 17.3 Å². The lowest BCUT2D eigenvalue weighted by molar-refractivity contribution is -0.115. The van der Waals surface area contributed by atoms with Crippen molar-refractivity contribution in [3.05, 3.63) is 0 Å². The van der Waals surface area contributed by atoms with Gasteiger partial charge < -0.3 is 10.6 Å². The quantitative estimate of drug-likeness (QED) is 0.175. The lowest BCUT2D eigenvalue weighted by Crippen LogP contribution is -2.55. The smallest absolute Gasteiger partial charge is 0.317 e. The van der Waals surface area contributed by atoms with E-state index in [1.807, 2.05) is 13.8 Å². The first-order valence-corrected chi connectivity index (χ1v) is 17.4. The topological polar surface area (TPSA) is 87.7 Å². The second kappa shape index (κ2) is 12.8. The van der Waals surface area contributed by atoms with Gasteiger partial charge in [-0.3, -0.25) is 4.55 Å². The summed E-state index contributed by atoms with van der Waals surface area (Å²) in [5.41, 5.74) is 0.967. The van der Waals surface area contributed by atoms with Gasteiger partial charge in [0.1, 0.15) is 0 Å². The fourth-order valence-electron chi connectivity index (χ4n) is 9.94. The van der Waals surface area contributed by atoms with Crippen molar-refractivity contribution in [1.29, 1.82) is 0 Å². The highest BCUT2D eigenvalue weighted by Crippen LogP contribution is 2.67. The first-order chi connectivity index (χ1) is 18.0. The molecule has 0 bridgehead atoms. The van der Waals surface area contributed by atoms with Crippen molar-refractivity contribution in [3.63, 3.8) is 0 Å². The van der Waals surface area contributed by atoms with Crippen molar-refractivity contribution in [1.82, 2.24) is 10.6 Å². The number of hydrogen-bond donors (Lipinski definition) is 3. The lowest BCUT2D eigenvalue weighted by atomic mass is 9.44. The molecule has 38 heavy (non-hydrogen) atoms. The summed E-state index contributed by atoms with van der Waals surface area (Å²) < 4.78 is 36.8. The molecule has 0 amide bonds. The summed E-state index contributed by atoms with van der Waals surface area (Å²) in [5, 5.41) is 7.35. The molecule has 0 aromatic heterocycles. The van der Waals surface area contributed by atoms with Crippen LogP contribution in [0.3, 0.4) is 0 Å². The molecule has 7 heteroatoms. The fourth-order valence-corrected chi connectivity index (χ4v) is 10.6. The molecule has 0 radical (unpaired) electrons. The molecule has 4 saturated carbocycles. The number of nitrogens with one attached hydrogen (secondary N) is 2. The van der Waals surface area contributed by atoms with Crippen LogP contribution in [0.15, 0.2) is 0 Å². The van der Waals surface area contributed by atoms with E-state index in [0.717, 1.165) is 68.1 Å². The van der Waals surface area contributed by atoms with Gasteiger partial charge in [-0.15, -0.1) is 0 Å². The van der Waals surface area contributed by atoms with Gasteiger partial charge in [-0.2, -0.15) is 8.42 Å². The molecule has 4 aliphatic carbocycles. The van der Waals surface area contributed by atoms with E-state index in [9.17, 15) is 13.0 Å². The van der Waals surface area contributed by atoms with Crippen molar-refractivity contribution >= 4 is 10.4 Å². The second-order valence-corrected chi connectivity index (χ2v) is 15.4. The molecule has 0 aromatic rings. The van der Waals surface area contributed by atoms with Gasteiger partial charge in [-0.1, -0.05) is 41.0 Å². The third-order valence-electron chi connectivity index (χ3n) is 12.1. The third kappa shape index (κ3) is 6.80. The third-order valence-corrected chi connectivity index (χ3v) is 12.6. The van der Waals surface area contributed by atoms with Crippen LogP contribution < -0.4 is 10.6 Å². The highest BCUT2D eigenvalue weighted by atomic mass is 32.3. The average molecular weight is 555 g/mol. The maximum Gasteiger partial charge on any atom is 0.397 e. The molecule has 4 fully saturated rings. The predicted molar refractivity (Wildman–Crippen MR) is 155 cm³/mol. The van der Waals surface area contributed by atoms with Gasteiger partial charge in [0, 0.05) is 6.04 Å². The molecule has 222 valence electrons. The van der Waals surface area contributed by atoms with Gasteiger partial charge >= 0.3 is 10.4 Å². The van der Waals surface area contributed by atoms with E-state index in [1.54, 1.807) is 0 Å². The van der Waals surface area contributed by atoms with Gasteiger partial charge in [0.2, 0.25) is 0 Å². The zero-order chi connectivity index (χ0) is 27.6. The molecule has 0 saturated heterocycles. The normalized spacial score (nSPS) is 40.0. The van der Waals surface area contributed by atoms with E-state index >= 15 is 0 Å². The van der Waals surface area contributed by atoms with Crippen LogP contribution in [0.4, 0.5) is 0 Å². The molecular formula is C31H58N2O4S. The fraction of sp³-hybridized carbons (Fsp3) is 1.00. The maximum atomic E-state index is 11.3. The van der Waals surface area contributed by atoms with Crippen LogP contribution >= 0.6 is 0 Å². The Hall–Kier alpha value is -0.210. The first kappa shape index (κ1) is 30.7. The Morgan fingerprint density at radius 2 is 1.68 bits per heavy atom. The molecule has 4 rings (SSSR count). The molecule has 0 aromatic carbocycles. The van der Waals surface area contributed by atoms with Crippen LogP contribution in [0, 0.1) is 46.3 Å². The molecule has 4 aliphatic rings. The summed E-state index contributed by atoms with van der Waals surface area (Å²) in [7, 11) is -4.40. The highest BCUT2D eigenvalue weighted by molar-refractivity contribution is 7.80. The predicted octanol–water partition coefficient (Wildman–Crippen LogP) is 6.62. The summed E-state index contributed by atoms with van der Waals surface area (Å²) in [6.07, 6.45) is 16.1. The summed E-state index contributed by atoms with van der Waals surface area (Å²) in [6, 6.07) is 0.718. The second-order valence-electron chi connectivity index (χ2n) is 14.3. The van der Waals surface area contributed by atoms with Crippen molar-refractivity contribution in [2.75, 3.05) is 19.6 Å². The van der Waals surface area contributed by atoms with Crippen LogP contribution in [-0.4, -0.2) is 44.8 Å². The van der Waals surface area contributed by atoms with E-state index in [-0.39, 0.29) is 5.92 Å². The Morgan fingerprint density at radius 1 is 0.947 bits per heavy atom. The Morgan fingerprint density at radius 3 is 2.39 bits per heavy atom. The Balaban J connectivity index is 1.31. The summed E-state index contributed by atoms with van der Waals surface area (Å²) in [4.78, 5) is 0. The van der Waals surface area contributed by atoms with Crippen LogP contribution in [0.1, 0.15) is 118 Å². The van der Waals surface area contributed by atoms with Gasteiger partial charge in [0.25, 0.3) is 0 Å². The van der Waals surface area contributed by atoms with E-state index in [1.165, 1.54) is 64.2 Å². The summed E-state index contributed by atoms with van der Waals surface area (Å²) >= 11 is 0. The first-order valence-electron chi connectivity index (χ1n) is 16.1. The molecule has 9 unspecified atom stereocenters. The van der Waals surface area contributed by atoms with E-state index in [4.69, 9.17) is 4.18 Å². The van der Waals surface area contributed by atoms with Crippen LogP contribution in [0.2, 0.25) is 0 Å². The Bertz CT molecular complexity index is 866. The molecule has 6 nitrogen and oxygen atoms in total. The zero-order valence-corrected chi connectivity index (χ0v) is 25.8. The van der Waals surface area contributed by atoms with E-state index in [2.05, 4.69) is 31.4 Å². The largest absolute Gasteiger partial charge is 0.397 e. The molecule has 0 spiro atoms. The van der Waals surface area contributed by atoms with Crippen LogP contribution in [0.5, 0.6) is 0 Å². The van der Waals surface area contributed by atoms with E-state index < -0.39 is 16.5 Å². The van der Waals surface area contributed by atoms with Gasteiger partial charge in [-0.25, -0.2) is 4.18 Å². The Kier molecular flexibility index (Phi) is 10.3. The van der Waals surface area contributed by atoms with Crippen molar-refractivity contribution in [2.45, 2.75) is 130 Å². The average Bonchev–Trinajstić information content (AvgIpc) is 3.18. The van der Waals surface area contributed by atoms with Gasteiger partial charge in [0.05, 0.1) is 6.10 Å². The number of fused-ring (bicyclic) bond motifs is 5. The van der Waals surface area contributed by atoms with Crippen molar-refractivity contribution < 1.29 is 17.2 Å². The molecule has 9 atom stereocenters. The van der Waals surface area contributed by atoms with Crippen molar-refractivity contribution in [3.8, 4) is 0 Å². The van der Waals surface area contributed by atoms with Gasteiger partial charge in [0.15, 0.2) is 0 Å². The highest BCUT2D eigenvalue weighted by Gasteiger charge is 2.59. The van der Waals surface area contributed by atoms with Crippen molar-refractivity contribution in [2.24, 2.45) is 46.3 Å². The minimum Gasteiger partial charge on any atom is -0.317 e. The Labute approximate surface area is 234 Å². The molecule has 0 aliphatic heterocycles. The van der Waals surface area contributed by atoms with Crippen LogP contribution in [-0.2, 0) is 14.6 Å². The molecule has 0 heterocycles. The monoisotopic (exact) mass is 554 g/mol. The number of rotatable bonds is 13. The SMILES string of the molecule is CCNCCCNC1CCC2(C)C(CCC3C4CCC(CCCC(OS(=O)(=O)O)C(C)C)C4(C)CCC32)C1. The van der Waals surface area contributed by atoms with Crippen LogP contribution in [0.25, 0.3) is 0 Å². The minimum absolute atomic E-state index is 0.0681. The standard InChI is InChI=1S/C31H58N2O4S/c1-6-32-19-8-20-33-25-15-17-31(5)24(21-25)11-13-26-27-14-12-23(30(27,4)18-16-28(26)31)9-7-10-29(22(2)3)37-38(34,35)36/h22-29,32-33H,6-21H2,1-5H3,(H,34,35,36). The maximum absolute atomic E-state index is 11.3. The van der Waals surface area contributed by atoms with Gasteiger partial charge in [-0.05, 0) is 143 Å².